The largest absolute Gasteiger partial charge is 0.491 e. The standard InChI is InChI=1S/C15H22ClN3O2/c1-18(2)15(20)13-11-17-7-8-19(13)9-10-21-14-6-4-3-5-12(14)16/h3-6,13,17H,7-11H2,1-2H3. The van der Waals surface area contributed by atoms with Gasteiger partial charge in [-0.2, -0.15) is 0 Å². The normalized spacial score (nSPS) is 19.3. The first-order valence-electron chi connectivity index (χ1n) is 7.13. The van der Waals surface area contributed by atoms with Crippen LogP contribution in [0.15, 0.2) is 24.3 Å². The molecular formula is C15H22ClN3O2. The molecule has 1 N–H and O–H groups in total. The molecule has 1 aromatic rings. The molecule has 1 unspecified atom stereocenters. The quantitative estimate of drug-likeness (QED) is 0.884. The van der Waals surface area contributed by atoms with E-state index in [0.717, 1.165) is 13.1 Å². The summed E-state index contributed by atoms with van der Waals surface area (Å²) in [5.74, 6) is 0.810. The summed E-state index contributed by atoms with van der Waals surface area (Å²) in [6.07, 6.45) is 0. The Morgan fingerprint density at radius 2 is 2.24 bits per heavy atom. The number of piperazine rings is 1. The Kier molecular flexibility index (Phi) is 5.85. The number of para-hydroxylation sites is 1. The Morgan fingerprint density at radius 3 is 2.95 bits per heavy atom. The molecule has 0 aliphatic carbocycles. The molecule has 116 valence electrons. The van der Waals surface area contributed by atoms with Gasteiger partial charge in [0.05, 0.1) is 5.02 Å². The highest BCUT2D eigenvalue weighted by atomic mass is 35.5. The summed E-state index contributed by atoms with van der Waals surface area (Å²) < 4.78 is 5.71. The number of nitrogens with zero attached hydrogens (tertiary/aromatic N) is 2. The topological polar surface area (TPSA) is 44.8 Å². The molecule has 1 aromatic carbocycles. The van der Waals surface area contributed by atoms with Crippen molar-refractivity contribution in [1.82, 2.24) is 15.1 Å². The van der Waals surface area contributed by atoms with Crippen molar-refractivity contribution in [2.45, 2.75) is 6.04 Å². The van der Waals surface area contributed by atoms with Crippen molar-refractivity contribution < 1.29 is 9.53 Å². The van der Waals surface area contributed by atoms with Gasteiger partial charge in [0, 0.05) is 40.3 Å². The van der Waals surface area contributed by atoms with Crippen molar-refractivity contribution >= 4 is 17.5 Å². The van der Waals surface area contributed by atoms with Gasteiger partial charge in [0.25, 0.3) is 0 Å². The fraction of sp³-hybridized carbons (Fsp3) is 0.533. The summed E-state index contributed by atoms with van der Waals surface area (Å²) in [5.41, 5.74) is 0. The lowest BCUT2D eigenvalue weighted by Gasteiger charge is -2.36. The molecule has 0 bridgehead atoms. The van der Waals surface area contributed by atoms with Crippen LogP contribution in [0.5, 0.6) is 5.75 Å². The van der Waals surface area contributed by atoms with E-state index in [2.05, 4.69) is 10.2 Å². The fourth-order valence-electron chi connectivity index (χ4n) is 2.39. The minimum absolute atomic E-state index is 0.122. The lowest BCUT2D eigenvalue weighted by atomic mass is 10.1. The van der Waals surface area contributed by atoms with Crippen LogP contribution >= 0.6 is 11.6 Å². The third-order valence-corrected chi connectivity index (χ3v) is 3.87. The molecule has 1 atom stereocenters. The average molecular weight is 312 g/mol. The molecule has 0 radical (unpaired) electrons. The van der Waals surface area contributed by atoms with Crippen molar-refractivity contribution in [3.63, 3.8) is 0 Å². The van der Waals surface area contributed by atoms with Crippen LogP contribution in [0.3, 0.4) is 0 Å². The van der Waals surface area contributed by atoms with Gasteiger partial charge in [-0.3, -0.25) is 9.69 Å². The highest BCUT2D eigenvalue weighted by Gasteiger charge is 2.29. The predicted molar refractivity (Wildman–Crippen MR) is 83.9 cm³/mol. The van der Waals surface area contributed by atoms with E-state index in [9.17, 15) is 4.79 Å². The van der Waals surface area contributed by atoms with Crippen molar-refractivity contribution in [2.24, 2.45) is 0 Å². The first kappa shape index (κ1) is 16.1. The molecule has 1 aliphatic heterocycles. The number of ether oxygens (including phenoxy) is 1. The fourth-order valence-corrected chi connectivity index (χ4v) is 2.58. The number of rotatable bonds is 5. The third-order valence-electron chi connectivity index (χ3n) is 3.55. The molecule has 21 heavy (non-hydrogen) atoms. The molecule has 2 rings (SSSR count). The highest BCUT2D eigenvalue weighted by molar-refractivity contribution is 6.32. The summed E-state index contributed by atoms with van der Waals surface area (Å²) in [6.45, 7) is 3.64. The molecule has 6 heteroatoms. The minimum Gasteiger partial charge on any atom is -0.491 e. The summed E-state index contributed by atoms with van der Waals surface area (Å²) in [4.78, 5) is 16.0. The Hall–Kier alpha value is -1.30. The van der Waals surface area contributed by atoms with Gasteiger partial charge in [0.2, 0.25) is 5.91 Å². The van der Waals surface area contributed by atoms with E-state index >= 15 is 0 Å². The van der Waals surface area contributed by atoms with Crippen LogP contribution in [0, 0.1) is 0 Å². The summed E-state index contributed by atoms with van der Waals surface area (Å²) >= 11 is 6.06. The smallest absolute Gasteiger partial charge is 0.240 e. The van der Waals surface area contributed by atoms with Crippen LogP contribution in [0.4, 0.5) is 0 Å². The average Bonchev–Trinajstić information content (AvgIpc) is 2.49. The van der Waals surface area contributed by atoms with Crippen LogP contribution < -0.4 is 10.1 Å². The molecule has 1 aliphatic rings. The zero-order valence-electron chi connectivity index (χ0n) is 12.5. The molecule has 5 nitrogen and oxygen atoms in total. The SMILES string of the molecule is CN(C)C(=O)C1CNCCN1CCOc1ccccc1Cl. The van der Waals surface area contributed by atoms with Crippen LogP contribution in [0.25, 0.3) is 0 Å². The molecule has 1 saturated heterocycles. The Bertz CT molecular complexity index is 482. The molecule has 0 spiro atoms. The highest BCUT2D eigenvalue weighted by Crippen LogP contribution is 2.23. The summed E-state index contributed by atoms with van der Waals surface area (Å²) in [6, 6.07) is 7.30. The van der Waals surface area contributed by atoms with E-state index < -0.39 is 0 Å². The van der Waals surface area contributed by atoms with Crippen molar-refractivity contribution in [3.8, 4) is 5.75 Å². The molecular weight excluding hydrogens is 290 g/mol. The van der Waals surface area contributed by atoms with Crippen molar-refractivity contribution in [1.29, 1.82) is 0 Å². The molecule has 0 saturated carbocycles. The Balaban J connectivity index is 1.88. The predicted octanol–water partition coefficient (Wildman–Crippen LogP) is 1.08. The Labute approximate surface area is 130 Å². The maximum Gasteiger partial charge on any atom is 0.240 e. The third kappa shape index (κ3) is 4.33. The maximum atomic E-state index is 12.2. The lowest BCUT2D eigenvalue weighted by molar-refractivity contribution is -0.135. The lowest BCUT2D eigenvalue weighted by Crippen LogP contribution is -2.58. The maximum absolute atomic E-state index is 12.2. The summed E-state index contributed by atoms with van der Waals surface area (Å²) in [5, 5.41) is 3.88. The summed E-state index contributed by atoms with van der Waals surface area (Å²) in [7, 11) is 3.57. The second kappa shape index (κ2) is 7.64. The number of hydrogen-bond acceptors (Lipinski definition) is 4. The Morgan fingerprint density at radius 1 is 1.48 bits per heavy atom. The van der Waals surface area contributed by atoms with Gasteiger partial charge in [-0.05, 0) is 12.1 Å². The number of benzene rings is 1. The molecule has 1 fully saturated rings. The number of nitrogens with one attached hydrogen (secondary N) is 1. The number of amides is 1. The number of hydrogen-bond donors (Lipinski definition) is 1. The van der Waals surface area contributed by atoms with Gasteiger partial charge in [-0.15, -0.1) is 0 Å². The minimum atomic E-state index is -0.122. The second-order valence-corrected chi connectivity index (χ2v) is 5.67. The van der Waals surface area contributed by atoms with E-state index in [1.807, 2.05) is 18.2 Å². The monoisotopic (exact) mass is 311 g/mol. The van der Waals surface area contributed by atoms with Gasteiger partial charge in [-0.1, -0.05) is 23.7 Å². The van der Waals surface area contributed by atoms with Crippen LogP contribution in [-0.2, 0) is 4.79 Å². The number of carbonyl (C=O) groups excluding carboxylic acids is 1. The van der Waals surface area contributed by atoms with Gasteiger partial charge >= 0.3 is 0 Å². The zero-order chi connectivity index (χ0) is 15.2. The van der Waals surface area contributed by atoms with Crippen LogP contribution in [0.1, 0.15) is 0 Å². The van der Waals surface area contributed by atoms with Gasteiger partial charge in [-0.25, -0.2) is 0 Å². The van der Waals surface area contributed by atoms with Crippen molar-refractivity contribution in [2.75, 3.05) is 46.9 Å². The van der Waals surface area contributed by atoms with Gasteiger partial charge in [0.15, 0.2) is 0 Å². The first-order chi connectivity index (χ1) is 10.1. The number of halogens is 1. The van der Waals surface area contributed by atoms with E-state index in [1.165, 1.54) is 0 Å². The zero-order valence-corrected chi connectivity index (χ0v) is 13.3. The molecule has 1 amide bonds. The van der Waals surface area contributed by atoms with Crippen LogP contribution in [-0.4, -0.2) is 68.6 Å². The molecule has 0 aromatic heterocycles. The van der Waals surface area contributed by atoms with E-state index in [0.29, 0.717) is 30.5 Å². The van der Waals surface area contributed by atoms with Crippen molar-refractivity contribution in [3.05, 3.63) is 29.3 Å². The van der Waals surface area contributed by atoms with E-state index in [4.69, 9.17) is 16.3 Å². The molecule has 1 heterocycles. The van der Waals surface area contributed by atoms with E-state index in [-0.39, 0.29) is 11.9 Å². The van der Waals surface area contributed by atoms with Crippen LogP contribution in [0.2, 0.25) is 5.02 Å². The number of likely N-dealkylation sites (N-methyl/N-ethyl adjacent to an activating group) is 1. The second-order valence-electron chi connectivity index (χ2n) is 5.27. The van der Waals surface area contributed by atoms with E-state index in [1.54, 1.807) is 25.1 Å². The van der Waals surface area contributed by atoms with Gasteiger partial charge < -0.3 is 15.0 Å². The first-order valence-corrected chi connectivity index (χ1v) is 7.50. The number of carbonyl (C=O) groups is 1. The van der Waals surface area contributed by atoms with Gasteiger partial charge in [0.1, 0.15) is 18.4 Å².